The number of rotatable bonds is 0. The summed E-state index contributed by atoms with van der Waals surface area (Å²) in [6.45, 7) is 0. The maximum absolute atomic E-state index is 5.86. The van der Waals surface area contributed by atoms with Crippen LogP contribution in [0.2, 0.25) is 5.02 Å². The van der Waals surface area contributed by atoms with Gasteiger partial charge < -0.3 is 4.42 Å². The third kappa shape index (κ3) is 1.23. The molecule has 0 fully saturated rings. The van der Waals surface area contributed by atoms with Crippen molar-refractivity contribution in [1.29, 1.82) is 0 Å². The van der Waals surface area contributed by atoms with Crippen LogP contribution in [0.1, 0.15) is 0 Å². The van der Waals surface area contributed by atoms with Crippen LogP contribution in [0.15, 0.2) is 34.9 Å². The van der Waals surface area contributed by atoms with Gasteiger partial charge in [-0.05, 0) is 6.07 Å². The van der Waals surface area contributed by atoms with Crippen molar-refractivity contribution in [3.8, 4) is 0 Å². The standard InChI is InChI=1S/C11H7BClNO/c12-7-2-1-3-8-10(7)11-9(15-8)4-6(13)5-14-11/h1-5H,12H2. The van der Waals surface area contributed by atoms with E-state index in [0.29, 0.717) is 5.02 Å². The Hall–Kier alpha value is -1.48. The predicted octanol–water partition coefficient (Wildman–Crippen LogP) is 1.89. The van der Waals surface area contributed by atoms with E-state index in [1.165, 1.54) is 5.46 Å². The van der Waals surface area contributed by atoms with Crippen molar-refractivity contribution >= 4 is 47.0 Å². The fraction of sp³-hybridized carbons (Fsp3) is 0. The molecule has 0 unspecified atom stereocenters. The number of pyridine rings is 1. The molecule has 3 aromatic rings. The summed E-state index contributed by atoms with van der Waals surface area (Å²) >= 11 is 5.86. The van der Waals surface area contributed by atoms with E-state index in [1.54, 1.807) is 12.3 Å². The first-order chi connectivity index (χ1) is 7.25. The lowest BCUT2D eigenvalue weighted by Crippen LogP contribution is -2.01. The molecule has 0 aliphatic rings. The minimum absolute atomic E-state index is 0.596. The molecule has 4 heteroatoms. The van der Waals surface area contributed by atoms with Gasteiger partial charge in [-0.15, -0.1) is 0 Å². The summed E-state index contributed by atoms with van der Waals surface area (Å²) in [5, 5.41) is 1.67. The van der Waals surface area contributed by atoms with Gasteiger partial charge in [-0.3, -0.25) is 4.98 Å². The van der Waals surface area contributed by atoms with E-state index in [0.717, 1.165) is 22.1 Å². The minimum Gasteiger partial charge on any atom is -0.454 e. The highest BCUT2D eigenvalue weighted by Crippen LogP contribution is 2.26. The molecule has 0 N–H and O–H groups in total. The molecule has 72 valence electrons. The van der Waals surface area contributed by atoms with Gasteiger partial charge in [0.25, 0.3) is 0 Å². The molecule has 3 rings (SSSR count). The highest BCUT2D eigenvalue weighted by atomic mass is 35.5. The number of hydrogen-bond acceptors (Lipinski definition) is 2. The smallest absolute Gasteiger partial charge is 0.155 e. The molecule has 0 spiro atoms. The molecule has 2 aromatic heterocycles. The van der Waals surface area contributed by atoms with Crippen LogP contribution in [0.3, 0.4) is 0 Å². The third-order valence-corrected chi connectivity index (χ3v) is 2.72. The van der Waals surface area contributed by atoms with Gasteiger partial charge in [0.15, 0.2) is 5.58 Å². The van der Waals surface area contributed by atoms with Crippen LogP contribution in [0.4, 0.5) is 0 Å². The van der Waals surface area contributed by atoms with Crippen molar-refractivity contribution < 1.29 is 4.42 Å². The highest BCUT2D eigenvalue weighted by Gasteiger charge is 2.09. The van der Waals surface area contributed by atoms with Crippen molar-refractivity contribution in [1.82, 2.24) is 4.98 Å². The van der Waals surface area contributed by atoms with Crippen molar-refractivity contribution in [3.05, 3.63) is 35.5 Å². The lowest BCUT2D eigenvalue weighted by atomic mass is 9.92. The van der Waals surface area contributed by atoms with Crippen LogP contribution in [0, 0.1) is 0 Å². The monoisotopic (exact) mass is 215 g/mol. The van der Waals surface area contributed by atoms with Gasteiger partial charge in [-0.2, -0.15) is 0 Å². The van der Waals surface area contributed by atoms with Crippen molar-refractivity contribution in [2.45, 2.75) is 0 Å². The van der Waals surface area contributed by atoms with E-state index in [2.05, 4.69) is 4.98 Å². The molecule has 0 radical (unpaired) electrons. The normalized spacial score (nSPS) is 11.3. The molecule has 15 heavy (non-hydrogen) atoms. The van der Waals surface area contributed by atoms with Gasteiger partial charge in [-0.1, -0.05) is 29.2 Å². The first kappa shape index (κ1) is 8.80. The van der Waals surface area contributed by atoms with Crippen LogP contribution in [-0.4, -0.2) is 12.8 Å². The fourth-order valence-corrected chi connectivity index (χ4v) is 1.98. The van der Waals surface area contributed by atoms with Gasteiger partial charge in [0.1, 0.15) is 18.9 Å². The van der Waals surface area contributed by atoms with Gasteiger partial charge in [0.05, 0.1) is 5.02 Å². The summed E-state index contributed by atoms with van der Waals surface area (Å²) in [5.74, 6) is 0. The number of furan rings is 1. The Balaban J connectivity index is 2.59. The largest absolute Gasteiger partial charge is 0.454 e. The van der Waals surface area contributed by atoms with Gasteiger partial charge >= 0.3 is 0 Å². The fourth-order valence-electron chi connectivity index (χ4n) is 1.83. The quantitative estimate of drug-likeness (QED) is 0.535. The maximum Gasteiger partial charge on any atom is 0.155 e. The first-order valence-corrected chi connectivity index (χ1v) is 5.07. The zero-order chi connectivity index (χ0) is 10.4. The predicted molar refractivity (Wildman–Crippen MR) is 64.7 cm³/mol. The number of halogens is 1. The molecule has 0 aliphatic heterocycles. The van der Waals surface area contributed by atoms with E-state index in [4.69, 9.17) is 16.0 Å². The lowest BCUT2D eigenvalue weighted by Gasteiger charge is -1.93. The summed E-state index contributed by atoms with van der Waals surface area (Å²) in [7, 11) is 2.05. The molecule has 2 heterocycles. The molecule has 1 aromatic carbocycles. The van der Waals surface area contributed by atoms with E-state index < -0.39 is 0 Å². The number of fused-ring (bicyclic) bond motifs is 3. The van der Waals surface area contributed by atoms with Crippen LogP contribution >= 0.6 is 11.6 Å². The molecule has 0 saturated carbocycles. The van der Waals surface area contributed by atoms with Crippen molar-refractivity contribution in [3.63, 3.8) is 0 Å². The maximum atomic E-state index is 5.86. The number of benzene rings is 1. The Morgan fingerprint density at radius 2 is 2.13 bits per heavy atom. The Morgan fingerprint density at radius 1 is 1.27 bits per heavy atom. The van der Waals surface area contributed by atoms with Gasteiger partial charge in [0, 0.05) is 17.6 Å². The van der Waals surface area contributed by atoms with Crippen LogP contribution in [-0.2, 0) is 0 Å². The van der Waals surface area contributed by atoms with E-state index in [1.807, 2.05) is 26.0 Å². The lowest BCUT2D eigenvalue weighted by molar-refractivity contribution is 0.668. The van der Waals surface area contributed by atoms with E-state index in [9.17, 15) is 0 Å². The van der Waals surface area contributed by atoms with E-state index >= 15 is 0 Å². The highest BCUT2D eigenvalue weighted by molar-refractivity contribution is 6.41. The SMILES string of the molecule is Bc1cccc2oc3cc(Cl)cnc3c12. The van der Waals surface area contributed by atoms with Gasteiger partial charge in [0.2, 0.25) is 0 Å². The molecule has 0 saturated heterocycles. The molecular formula is C11H7BClNO. The summed E-state index contributed by atoms with van der Waals surface area (Å²) in [6, 6.07) is 7.76. The summed E-state index contributed by atoms with van der Waals surface area (Å²) in [5.41, 5.74) is 3.65. The molecule has 2 nitrogen and oxygen atoms in total. The zero-order valence-electron chi connectivity index (χ0n) is 8.12. The molecular weight excluding hydrogens is 208 g/mol. The molecule has 0 bridgehead atoms. The summed E-state index contributed by atoms with van der Waals surface area (Å²) in [4.78, 5) is 4.30. The second-order valence-corrected chi connectivity index (χ2v) is 3.99. The summed E-state index contributed by atoms with van der Waals surface area (Å²) < 4.78 is 5.67. The Bertz CT molecular complexity index is 662. The Kier molecular flexibility index (Phi) is 1.76. The second kappa shape index (κ2) is 3.01. The van der Waals surface area contributed by atoms with Crippen molar-refractivity contribution in [2.75, 3.05) is 0 Å². The Labute approximate surface area is 92.3 Å². The molecule has 0 atom stereocenters. The van der Waals surface area contributed by atoms with Crippen LogP contribution in [0.5, 0.6) is 0 Å². The van der Waals surface area contributed by atoms with E-state index in [-0.39, 0.29) is 0 Å². The topological polar surface area (TPSA) is 26.0 Å². The molecule has 0 aliphatic carbocycles. The second-order valence-electron chi connectivity index (χ2n) is 3.55. The average Bonchev–Trinajstić information content (AvgIpc) is 2.56. The Morgan fingerprint density at radius 3 is 3.00 bits per heavy atom. The first-order valence-electron chi connectivity index (χ1n) is 4.69. The van der Waals surface area contributed by atoms with Gasteiger partial charge in [-0.25, -0.2) is 0 Å². The summed E-state index contributed by atoms with van der Waals surface area (Å²) in [6.07, 6.45) is 1.64. The number of aromatic nitrogens is 1. The number of nitrogens with zero attached hydrogens (tertiary/aromatic N) is 1. The average molecular weight is 215 g/mol. The third-order valence-electron chi connectivity index (χ3n) is 2.51. The molecule has 0 amide bonds. The zero-order valence-corrected chi connectivity index (χ0v) is 8.88. The number of hydrogen-bond donors (Lipinski definition) is 0. The van der Waals surface area contributed by atoms with Crippen LogP contribution < -0.4 is 5.46 Å². The minimum atomic E-state index is 0.596. The van der Waals surface area contributed by atoms with Crippen LogP contribution in [0.25, 0.3) is 22.1 Å². The van der Waals surface area contributed by atoms with Crippen molar-refractivity contribution in [2.24, 2.45) is 0 Å².